The number of nitrogens with one attached hydrogen (secondary N) is 1. The van der Waals surface area contributed by atoms with Crippen molar-refractivity contribution >= 4 is 17.3 Å². The van der Waals surface area contributed by atoms with Gasteiger partial charge in [-0.25, -0.2) is 4.39 Å². The van der Waals surface area contributed by atoms with Crippen molar-refractivity contribution in [1.29, 1.82) is 0 Å². The van der Waals surface area contributed by atoms with Crippen LogP contribution in [0.5, 0.6) is 0 Å². The number of nitrogens with zero attached hydrogens (tertiary/aromatic N) is 2. The molecule has 1 unspecified atom stereocenters. The van der Waals surface area contributed by atoms with E-state index in [-0.39, 0.29) is 17.8 Å². The Labute approximate surface area is 112 Å². The summed E-state index contributed by atoms with van der Waals surface area (Å²) in [6, 6.07) is 4.53. The minimum Gasteiger partial charge on any atom is -0.371 e. The second-order valence-electron chi connectivity index (χ2n) is 5.19. The van der Waals surface area contributed by atoms with E-state index in [1.54, 1.807) is 11.0 Å². The van der Waals surface area contributed by atoms with Crippen LogP contribution < -0.4 is 15.1 Å². The maximum Gasteiger partial charge on any atom is 0.244 e. The normalized spacial score (nSPS) is 22.5. The largest absolute Gasteiger partial charge is 0.371 e. The van der Waals surface area contributed by atoms with Gasteiger partial charge in [-0.1, -0.05) is 0 Å². The molecular formula is C14H18FN3O. The van der Waals surface area contributed by atoms with Gasteiger partial charge in [0.05, 0.1) is 17.4 Å². The second-order valence-corrected chi connectivity index (χ2v) is 5.19. The third kappa shape index (κ3) is 2.18. The number of halogens is 1. The molecule has 1 aromatic carbocycles. The van der Waals surface area contributed by atoms with Crippen molar-refractivity contribution in [2.45, 2.75) is 18.9 Å². The molecule has 5 heteroatoms. The number of carbonyl (C=O) groups excluding carboxylic acids is 1. The molecule has 0 bridgehead atoms. The monoisotopic (exact) mass is 263 g/mol. The van der Waals surface area contributed by atoms with Gasteiger partial charge in [0.2, 0.25) is 5.91 Å². The number of anilines is 2. The highest BCUT2D eigenvalue weighted by Gasteiger charge is 2.31. The average molecular weight is 263 g/mol. The van der Waals surface area contributed by atoms with Crippen LogP contribution in [0.1, 0.15) is 12.8 Å². The number of amides is 1. The number of benzene rings is 1. The van der Waals surface area contributed by atoms with Crippen molar-refractivity contribution in [1.82, 2.24) is 5.32 Å². The number of carbonyl (C=O) groups is 1. The summed E-state index contributed by atoms with van der Waals surface area (Å²) < 4.78 is 13.4. The third-order valence-corrected chi connectivity index (χ3v) is 3.92. The molecule has 0 aliphatic carbocycles. The number of hydrogen-bond donors (Lipinski definition) is 1. The molecule has 102 valence electrons. The van der Waals surface area contributed by atoms with E-state index in [1.165, 1.54) is 12.1 Å². The predicted octanol–water partition coefficient (Wildman–Crippen LogP) is 1.36. The van der Waals surface area contributed by atoms with Crippen molar-refractivity contribution in [3.8, 4) is 0 Å². The molecule has 1 amide bonds. The van der Waals surface area contributed by atoms with Crippen molar-refractivity contribution in [2.75, 3.05) is 36.5 Å². The summed E-state index contributed by atoms with van der Waals surface area (Å²) in [5, 5.41) is 3.23. The van der Waals surface area contributed by atoms with E-state index in [9.17, 15) is 9.18 Å². The molecule has 2 aliphatic heterocycles. The first-order valence-corrected chi connectivity index (χ1v) is 6.72. The highest BCUT2D eigenvalue weighted by atomic mass is 19.1. The third-order valence-electron chi connectivity index (χ3n) is 3.92. The molecule has 4 nitrogen and oxygen atoms in total. The molecule has 0 aromatic heterocycles. The lowest BCUT2D eigenvalue weighted by atomic mass is 10.1. The maximum atomic E-state index is 13.4. The Kier molecular flexibility index (Phi) is 3.14. The van der Waals surface area contributed by atoms with Crippen molar-refractivity contribution in [2.24, 2.45) is 0 Å². The van der Waals surface area contributed by atoms with Crippen LogP contribution in [0.3, 0.4) is 0 Å². The van der Waals surface area contributed by atoms with Crippen molar-refractivity contribution in [3.05, 3.63) is 24.0 Å². The van der Waals surface area contributed by atoms with Gasteiger partial charge in [0.1, 0.15) is 5.82 Å². The molecule has 0 radical (unpaired) electrons. The summed E-state index contributed by atoms with van der Waals surface area (Å²) in [5.41, 5.74) is 1.60. The zero-order valence-electron chi connectivity index (χ0n) is 11.0. The van der Waals surface area contributed by atoms with Crippen LogP contribution >= 0.6 is 0 Å². The number of fused-ring (bicyclic) bond motifs is 1. The summed E-state index contributed by atoms with van der Waals surface area (Å²) in [7, 11) is 1.92. The lowest BCUT2D eigenvalue weighted by molar-refractivity contribution is -0.120. The summed E-state index contributed by atoms with van der Waals surface area (Å²) in [6.07, 6.45) is 1.93. The topological polar surface area (TPSA) is 35.6 Å². The van der Waals surface area contributed by atoms with Gasteiger partial charge in [-0.15, -0.1) is 0 Å². The summed E-state index contributed by atoms with van der Waals surface area (Å²) in [6.45, 7) is 2.29. The molecule has 0 saturated carbocycles. The van der Waals surface area contributed by atoms with E-state index in [4.69, 9.17) is 0 Å². The van der Waals surface area contributed by atoms with E-state index in [2.05, 4.69) is 5.32 Å². The fourth-order valence-electron chi connectivity index (χ4n) is 2.83. The summed E-state index contributed by atoms with van der Waals surface area (Å²) >= 11 is 0. The van der Waals surface area contributed by atoms with Gasteiger partial charge in [-0.2, -0.15) is 0 Å². The van der Waals surface area contributed by atoms with Gasteiger partial charge >= 0.3 is 0 Å². The van der Waals surface area contributed by atoms with Crippen LogP contribution in [0.15, 0.2) is 18.2 Å². The van der Waals surface area contributed by atoms with Crippen molar-refractivity contribution < 1.29 is 9.18 Å². The summed E-state index contributed by atoms with van der Waals surface area (Å²) in [5.74, 6) is -0.155. The zero-order chi connectivity index (χ0) is 13.4. The van der Waals surface area contributed by atoms with Gasteiger partial charge in [0.25, 0.3) is 0 Å². The van der Waals surface area contributed by atoms with Gasteiger partial charge in [-0.3, -0.25) is 4.79 Å². The van der Waals surface area contributed by atoms with Crippen LogP contribution in [0, 0.1) is 5.82 Å². The molecule has 2 heterocycles. The minimum absolute atomic E-state index is 0.0821. The SMILES string of the molecule is CN1CCN(C(=O)C2CCCN2)c2ccc(F)cc21. The molecule has 1 fully saturated rings. The fourth-order valence-corrected chi connectivity index (χ4v) is 2.83. The lowest BCUT2D eigenvalue weighted by Gasteiger charge is -2.36. The molecule has 1 atom stereocenters. The molecule has 3 rings (SSSR count). The van der Waals surface area contributed by atoms with Gasteiger partial charge in [0, 0.05) is 20.1 Å². The molecule has 19 heavy (non-hydrogen) atoms. The molecule has 0 spiro atoms. The lowest BCUT2D eigenvalue weighted by Crippen LogP contribution is -2.49. The average Bonchev–Trinajstić information content (AvgIpc) is 2.93. The van der Waals surface area contributed by atoms with E-state index in [0.29, 0.717) is 6.54 Å². The Morgan fingerprint density at radius 1 is 1.37 bits per heavy atom. The Morgan fingerprint density at radius 2 is 2.21 bits per heavy atom. The first-order chi connectivity index (χ1) is 9.16. The molecule has 1 N–H and O–H groups in total. The minimum atomic E-state index is -0.265. The molecule has 2 aliphatic rings. The number of hydrogen-bond acceptors (Lipinski definition) is 3. The van der Waals surface area contributed by atoms with E-state index in [1.807, 2.05) is 11.9 Å². The highest BCUT2D eigenvalue weighted by Crippen LogP contribution is 2.33. The van der Waals surface area contributed by atoms with E-state index >= 15 is 0 Å². The smallest absolute Gasteiger partial charge is 0.244 e. The van der Waals surface area contributed by atoms with Crippen LogP contribution in [0.4, 0.5) is 15.8 Å². The van der Waals surface area contributed by atoms with Gasteiger partial charge in [0.15, 0.2) is 0 Å². The fraction of sp³-hybridized carbons (Fsp3) is 0.500. The molecule has 1 aromatic rings. The van der Waals surface area contributed by atoms with Gasteiger partial charge in [-0.05, 0) is 37.6 Å². The quantitative estimate of drug-likeness (QED) is 0.831. The predicted molar refractivity (Wildman–Crippen MR) is 73.0 cm³/mol. The Morgan fingerprint density at radius 3 is 2.95 bits per heavy atom. The van der Waals surface area contributed by atoms with Crippen LogP contribution in [-0.4, -0.2) is 38.6 Å². The molecule has 1 saturated heterocycles. The van der Waals surface area contributed by atoms with Crippen LogP contribution in [-0.2, 0) is 4.79 Å². The van der Waals surface area contributed by atoms with Gasteiger partial charge < -0.3 is 15.1 Å². The van der Waals surface area contributed by atoms with E-state index < -0.39 is 0 Å². The Balaban J connectivity index is 1.92. The zero-order valence-corrected chi connectivity index (χ0v) is 11.0. The number of rotatable bonds is 1. The highest BCUT2D eigenvalue weighted by molar-refractivity contribution is 6.01. The standard InChI is InChI=1S/C14H18FN3O/c1-17-7-8-18(14(19)11-3-2-6-16-11)12-5-4-10(15)9-13(12)17/h4-5,9,11,16H,2-3,6-8H2,1H3. The first-order valence-electron chi connectivity index (χ1n) is 6.72. The molecular weight excluding hydrogens is 245 g/mol. The summed E-state index contributed by atoms with van der Waals surface area (Å²) in [4.78, 5) is 16.3. The Hall–Kier alpha value is -1.62. The van der Waals surface area contributed by atoms with Crippen LogP contribution in [0.2, 0.25) is 0 Å². The first kappa shape index (κ1) is 12.4. The second kappa shape index (κ2) is 4.81. The number of likely N-dealkylation sites (N-methyl/N-ethyl adjacent to an activating group) is 1. The van der Waals surface area contributed by atoms with Crippen LogP contribution in [0.25, 0.3) is 0 Å². The Bertz CT molecular complexity index is 499. The maximum absolute atomic E-state index is 13.4. The van der Waals surface area contributed by atoms with Crippen molar-refractivity contribution in [3.63, 3.8) is 0 Å². The van der Waals surface area contributed by atoms with E-state index in [0.717, 1.165) is 37.3 Å².